The molecule has 0 amide bonds. The molecule has 0 aromatic heterocycles. The molecule has 1 heterocycles. The van der Waals surface area contributed by atoms with Gasteiger partial charge in [-0.1, -0.05) is 6.92 Å². The van der Waals surface area contributed by atoms with E-state index in [4.69, 9.17) is 10.8 Å². The van der Waals surface area contributed by atoms with Crippen molar-refractivity contribution in [2.45, 2.75) is 44.7 Å². The number of carboxylic acid groups (broad SMARTS) is 1. The van der Waals surface area contributed by atoms with Gasteiger partial charge in [-0.05, 0) is 12.3 Å². The van der Waals surface area contributed by atoms with E-state index in [0.717, 1.165) is 36.5 Å². The molecule has 4 N–H and O–H groups in total. The molecule has 2 aliphatic rings. The first kappa shape index (κ1) is 14.8. The third kappa shape index (κ3) is 3.27. The Labute approximate surface area is 115 Å². The summed E-state index contributed by atoms with van der Waals surface area (Å²) in [7, 11) is 0. The van der Waals surface area contributed by atoms with Crippen LogP contribution in [0.1, 0.15) is 32.6 Å². The quantitative estimate of drug-likeness (QED) is 0.633. The topological polar surface area (TPSA) is 83.5 Å². The molecular weight excluding hydrogens is 244 g/mol. The van der Waals surface area contributed by atoms with Gasteiger partial charge in [0.25, 0.3) is 0 Å². The molecule has 0 bridgehead atoms. The molecule has 1 saturated carbocycles. The maximum atomic E-state index is 11.0. The zero-order valence-corrected chi connectivity index (χ0v) is 11.8. The lowest BCUT2D eigenvalue weighted by atomic mass is 9.76. The molecule has 2 fully saturated rings. The van der Waals surface area contributed by atoms with Crippen molar-refractivity contribution in [1.29, 1.82) is 0 Å². The van der Waals surface area contributed by atoms with Crippen molar-refractivity contribution in [1.82, 2.24) is 0 Å². The second kappa shape index (κ2) is 5.77. The highest BCUT2D eigenvalue weighted by atomic mass is 16.4. The van der Waals surface area contributed by atoms with Crippen LogP contribution >= 0.6 is 0 Å². The third-order valence-electron chi connectivity index (χ3n) is 4.99. The van der Waals surface area contributed by atoms with Crippen molar-refractivity contribution < 1.29 is 19.5 Å². The smallest absolute Gasteiger partial charge is 0.303 e. The van der Waals surface area contributed by atoms with Crippen LogP contribution in [0.3, 0.4) is 0 Å². The number of aliphatic carboxylic acids is 1. The van der Waals surface area contributed by atoms with Crippen LogP contribution in [0.15, 0.2) is 0 Å². The number of rotatable bonds is 5. The minimum Gasteiger partial charge on any atom is -0.481 e. The van der Waals surface area contributed by atoms with Gasteiger partial charge in [0.05, 0.1) is 38.2 Å². The van der Waals surface area contributed by atoms with E-state index in [1.165, 1.54) is 12.8 Å². The maximum Gasteiger partial charge on any atom is 0.303 e. The molecule has 1 aliphatic heterocycles. The van der Waals surface area contributed by atoms with E-state index in [-0.39, 0.29) is 25.0 Å². The van der Waals surface area contributed by atoms with Gasteiger partial charge in [0, 0.05) is 18.8 Å². The molecule has 0 radical (unpaired) electrons. The van der Waals surface area contributed by atoms with Crippen molar-refractivity contribution >= 4 is 5.97 Å². The Morgan fingerprint density at radius 1 is 1.32 bits per heavy atom. The minimum absolute atomic E-state index is 0.0700. The first-order chi connectivity index (χ1) is 8.95. The molecular formula is C14H27N2O3+. The highest BCUT2D eigenvalue weighted by Crippen LogP contribution is 2.39. The molecule has 1 saturated heterocycles. The Morgan fingerprint density at radius 2 is 2.00 bits per heavy atom. The first-order valence-corrected chi connectivity index (χ1v) is 7.39. The summed E-state index contributed by atoms with van der Waals surface area (Å²) in [6.45, 7) is 4.91. The first-order valence-electron chi connectivity index (χ1n) is 7.39. The summed E-state index contributed by atoms with van der Waals surface area (Å²) in [6.07, 6.45) is 3.39. The molecule has 1 aliphatic carbocycles. The molecule has 0 spiro atoms. The van der Waals surface area contributed by atoms with Crippen LogP contribution in [0.5, 0.6) is 0 Å². The van der Waals surface area contributed by atoms with Crippen LogP contribution in [0, 0.1) is 11.8 Å². The average Bonchev–Trinajstić information content (AvgIpc) is 2.23. The number of carboxylic acids is 1. The van der Waals surface area contributed by atoms with Crippen LogP contribution in [0.2, 0.25) is 0 Å². The van der Waals surface area contributed by atoms with Gasteiger partial charge in [-0.25, -0.2) is 0 Å². The monoisotopic (exact) mass is 271 g/mol. The van der Waals surface area contributed by atoms with Gasteiger partial charge in [-0.3, -0.25) is 4.79 Å². The molecule has 5 nitrogen and oxygen atoms in total. The normalized spacial score (nSPS) is 42.7. The van der Waals surface area contributed by atoms with E-state index in [0.29, 0.717) is 6.04 Å². The number of aliphatic hydroxyl groups is 1. The standard InChI is InChI=1S/C14H26N2O3/c1-10-4-13(5-10)16(2-3-17)8-11(7-14(18)19)6-12(15)9-16/h10-13,17H,2-9,15H2,1H3/p+1. The fourth-order valence-corrected chi connectivity index (χ4v) is 4.20. The minimum atomic E-state index is -0.733. The van der Waals surface area contributed by atoms with Crippen molar-refractivity contribution in [2.24, 2.45) is 17.6 Å². The number of nitrogens with two attached hydrogens (primary N) is 1. The third-order valence-corrected chi connectivity index (χ3v) is 4.99. The van der Waals surface area contributed by atoms with Gasteiger partial charge in [0.2, 0.25) is 0 Å². The van der Waals surface area contributed by atoms with E-state index in [9.17, 15) is 9.90 Å². The van der Waals surface area contributed by atoms with E-state index in [2.05, 4.69) is 6.92 Å². The second-order valence-corrected chi connectivity index (χ2v) is 6.72. The molecule has 0 aromatic carbocycles. The second-order valence-electron chi connectivity index (χ2n) is 6.72. The van der Waals surface area contributed by atoms with E-state index in [1.54, 1.807) is 0 Å². The molecule has 110 valence electrons. The van der Waals surface area contributed by atoms with Crippen LogP contribution in [-0.4, -0.2) is 59.0 Å². The van der Waals surface area contributed by atoms with Crippen molar-refractivity contribution in [3.63, 3.8) is 0 Å². The number of hydrogen-bond acceptors (Lipinski definition) is 3. The van der Waals surface area contributed by atoms with E-state index < -0.39 is 5.97 Å². The molecule has 5 heteroatoms. The molecule has 19 heavy (non-hydrogen) atoms. The Balaban J connectivity index is 2.09. The fraction of sp³-hybridized carbons (Fsp3) is 0.929. The molecule has 3 atom stereocenters. The predicted molar refractivity (Wildman–Crippen MR) is 72.5 cm³/mol. The van der Waals surface area contributed by atoms with Gasteiger partial charge in [-0.2, -0.15) is 0 Å². The average molecular weight is 271 g/mol. The number of aliphatic hydroxyl groups excluding tert-OH is 1. The number of piperidine rings is 1. The number of hydrogen-bond donors (Lipinski definition) is 3. The number of carbonyl (C=O) groups is 1. The zero-order chi connectivity index (χ0) is 14.0. The van der Waals surface area contributed by atoms with Crippen molar-refractivity contribution in [3.8, 4) is 0 Å². The van der Waals surface area contributed by atoms with E-state index in [1.807, 2.05) is 0 Å². The molecule has 3 unspecified atom stereocenters. The molecule has 0 aromatic rings. The summed E-state index contributed by atoms with van der Waals surface area (Å²) >= 11 is 0. The number of quaternary nitrogens is 1. The summed E-state index contributed by atoms with van der Waals surface area (Å²) in [5.74, 6) is 0.182. The Hall–Kier alpha value is -0.650. The summed E-state index contributed by atoms with van der Waals surface area (Å²) in [4.78, 5) is 11.0. The maximum absolute atomic E-state index is 11.0. The fourth-order valence-electron chi connectivity index (χ4n) is 4.20. The number of nitrogens with zero attached hydrogens (tertiary/aromatic N) is 1. The summed E-state index contributed by atoms with van der Waals surface area (Å²) < 4.78 is 0.847. The van der Waals surface area contributed by atoms with Crippen molar-refractivity contribution in [2.75, 3.05) is 26.2 Å². The Kier molecular flexibility index (Phi) is 4.48. The van der Waals surface area contributed by atoms with Crippen LogP contribution in [0.25, 0.3) is 0 Å². The summed E-state index contributed by atoms with van der Waals surface area (Å²) in [6, 6.07) is 0.644. The summed E-state index contributed by atoms with van der Waals surface area (Å²) in [5, 5.41) is 18.4. The molecule has 2 rings (SSSR count). The summed E-state index contributed by atoms with van der Waals surface area (Å²) in [5.41, 5.74) is 6.17. The van der Waals surface area contributed by atoms with Crippen LogP contribution < -0.4 is 5.73 Å². The van der Waals surface area contributed by atoms with Crippen LogP contribution in [-0.2, 0) is 4.79 Å². The van der Waals surface area contributed by atoms with Gasteiger partial charge in [-0.15, -0.1) is 0 Å². The lowest BCUT2D eigenvalue weighted by Crippen LogP contribution is -2.68. The zero-order valence-electron chi connectivity index (χ0n) is 11.8. The Morgan fingerprint density at radius 3 is 2.53 bits per heavy atom. The highest BCUT2D eigenvalue weighted by Gasteiger charge is 2.48. The number of likely N-dealkylation sites (tertiary alicyclic amines) is 1. The van der Waals surface area contributed by atoms with Crippen molar-refractivity contribution in [3.05, 3.63) is 0 Å². The lowest BCUT2D eigenvalue weighted by Gasteiger charge is -2.55. The Bertz CT molecular complexity index is 331. The largest absolute Gasteiger partial charge is 0.481 e. The van der Waals surface area contributed by atoms with Gasteiger partial charge in [0.1, 0.15) is 6.54 Å². The highest BCUT2D eigenvalue weighted by molar-refractivity contribution is 5.67. The van der Waals surface area contributed by atoms with Gasteiger partial charge < -0.3 is 20.4 Å². The van der Waals surface area contributed by atoms with Gasteiger partial charge in [0.15, 0.2) is 0 Å². The van der Waals surface area contributed by atoms with E-state index >= 15 is 0 Å². The lowest BCUT2D eigenvalue weighted by molar-refractivity contribution is -0.965. The SMILES string of the molecule is CC1CC([N+]2(CCO)CC(N)CC(CC(=O)O)C2)C1. The van der Waals surface area contributed by atoms with Crippen LogP contribution in [0.4, 0.5) is 0 Å². The predicted octanol–water partition coefficient (Wildman–Crippen LogP) is 0.416. The van der Waals surface area contributed by atoms with Gasteiger partial charge >= 0.3 is 5.97 Å².